The summed E-state index contributed by atoms with van der Waals surface area (Å²) in [5.74, 6) is 1.64. The zero-order valence-corrected chi connectivity index (χ0v) is 18.6. The SMILES string of the molecule is CN=C(NCCc1cccc(C(=O)NC)c1)NCc1ccc(OC2CCCCC2)cc1. The molecule has 0 aromatic heterocycles. The molecule has 0 bridgehead atoms. The van der Waals surface area contributed by atoms with Crippen LogP contribution in [0.1, 0.15) is 53.6 Å². The molecule has 1 saturated carbocycles. The van der Waals surface area contributed by atoms with Crippen LogP contribution in [0.4, 0.5) is 0 Å². The Hall–Kier alpha value is -3.02. The fourth-order valence-corrected chi connectivity index (χ4v) is 3.81. The molecule has 0 heterocycles. The van der Waals surface area contributed by atoms with Gasteiger partial charge in [0.05, 0.1) is 6.10 Å². The number of nitrogens with one attached hydrogen (secondary N) is 3. The molecule has 6 heteroatoms. The summed E-state index contributed by atoms with van der Waals surface area (Å²) in [6, 6.07) is 16.0. The molecule has 3 rings (SSSR count). The first-order valence-corrected chi connectivity index (χ1v) is 11.2. The molecular formula is C25H34N4O2. The van der Waals surface area contributed by atoms with Crippen LogP contribution in [0.25, 0.3) is 0 Å². The van der Waals surface area contributed by atoms with E-state index in [1.165, 1.54) is 37.7 Å². The molecule has 0 atom stereocenters. The van der Waals surface area contributed by atoms with Crippen molar-refractivity contribution in [3.63, 3.8) is 0 Å². The summed E-state index contributed by atoms with van der Waals surface area (Å²) in [5, 5.41) is 9.33. The lowest BCUT2D eigenvalue weighted by Crippen LogP contribution is -2.37. The fourth-order valence-electron chi connectivity index (χ4n) is 3.81. The lowest BCUT2D eigenvalue weighted by atomic mass is 9.98. The van der Waals surface area contributed by atoms with Gasteiger partial charge in [0.25, 0.3) is 5.91 Å². The minimum Gasteiger partial charge on any atom is -0.490 e. The lowest BCUT2D eigenvalue weighted by molar-refractivity contribution is 0.0963. The van der Waals surface area contributed by atoms with Crippen LogP contribution >= 0.6 is 0 Å². The van der Waals surface area contributed by atoms with Gasteiger partial charge in [-0.25, -0.2) is 0 Å². The number of ether oxygens (including phenoxy) is 1. The van der Waals surface area contributed by atoms with E-state index >= 15 is 0 Å². The fraction of sp³-hybridized carbons (Fsp3) is 0.440. The summed E-state index contributed by atoms with van der Waals surface area (Å²) in [5.41, 5.74) is 2.97. The van der Waals surface area contributed by atoms with Crippen molar-refractivity contribution in [1.82, 2.24) is 16.0 Å². The number of benzene rings is 2. The van der Waals surface area contributed by atoms with E-state index in [0.29, 0.717) is 18.2 Å². The van der Waals surface area contributed by atoms with E-state index in [0.717, 1.165) is 30.2 Å². The van der Waals surface area contributed by atoms with Crippen molar-refractivity contribution < 1.29 is 9.53 Å². The van der Waals surface area contributed by atoms with Gasteiger partial charge in [0, 0.05) is 32.7 Å². The smallest absolute Gasteiger partial charge is 0.251 e. The van der Waals surface area contributed by atoms with Gasteiger partial charge >= 0.3 is 0 Å². The largest absolute Gasteiger partial charge is 0.490 e. The summed E-state index contributed by atoms with van der Waals surface area (Å²) in [6.45, 7) is 1.42. The van der Waals surface area contributed by atoms with Crippen molar-refractivity contribution >= 4 is 11.9 Å². The van der Waals surface area contributed by atoms with Crippen LogP contribution in [0.3, 0.4) is 0 Å². The first-order chi connectivity index (χ1) is 15.2. The first-order valence-electron chi connectivity index (χ1n) is 11.2. The Balaban J connectivity index is 1.41. The Morgan fingerprint density at radius 3 is 2.52 bits per heavy atom. The molecule has 3 N–H and O–H groups in total. The Kier molecular flexibility index (Phi) is 8.76. The average Bonchev–Trinajstić information content (AvgIpc) is 2.82. The number of guanidine groups is 1. The molecular weight excluding hydrogens is 388 g/mol. The second kappa shape index (κ2) is 12.0. The predicted octanol–water partition coefficient (Wildman–Crippen LogP) is 3.67. The van der Waals surface area contributed by atoms with Gasteiger partial charge in [-0.15, -0.1) is 0 Å². The highest BCUT2D eigenvalue weighted by molar-refractivity contribution is 5.94. The number of hydrogen-bond acceptors (Lipinski definition) is 3. The maximum atomic E-state index is 11.8. The van der Waals surface area contributed by atoms with Crippen molar-refractivity contribution in [3.05, 3.63) is 65.2 Å². The molecule has 0 saturated heterocycles. The van der Waals surface area contributed by atoms with Crippen molar-refractivity contribution in [2.45, 2.75) is 51.2 Å². The Morgan fingerprint density at radius 2 is 1.81 bits per heavy atom. The number of nitrogens with zero attached hydrogens (tertiary/aromatic N) is 1. The van der Waals surface area contributed by atoms with Crippen LogP contribution in [-0.4, -0.2) is 38.6 Å². The molecule has 2 aromatic carbocycles. The second-order valence-electron chi connectivity index (χ2n) is 7.90. The Labute approximate surface area is 185 Å². The molecule has 1 amide bonds. The maximum absolute atomic E-state index is 11.8. The molecule has 2 aromatic rings. The normalized spacial score (nSPS) is 14.7. The van der Waals surface area contributed by atoms with Crippen LogP contribution in [0.5, 0.6) is 5.75 Å². The monoisotopic (exact) mass is 422 g/mol. The standard InChI is InChI=1S/C25H34N4O2/c1-26-24(30)21-8-6-7-19(17-21)15-16-28-25(27-2)29-18-20-11-13-23(14-12-20)31-22-9-4-3-5-10-22/h6-8,11-14,17,22H,3-5,9-10,15-16,18H2,1-2H3,(H,26,30)(H2,27,28,29). The van der Waals surface area contributed by atoms with Gasteiger partial charge in [-0.05, 0) is 67.5 Å². The van der Waals surface area contributed by atoms with Crippen molar-refractivity contribution in [3.8, 4) is 5.75 Å². The summed E-state index contributed by atoms with van der Waals surface area (Å²) in [7, 11) is 3.41. The van der Waals surface area contributed by atoms with E-state index in [9.17, 15) is 4.79 Å². The minimum absolute atomic E-state index is 0.0672. The molecule has 6 nitrogen and oxygen atoms in total. The number of amides is 1. The Morgan fingerprint density at radius 1 is 1.03 bits per heavy atom. The maximum Gasteiger partial charge on any atom is 0.251 e. The molecule has 0 radical (unpaired) electrons. The quantitative estimate of drug-likeness (QED) is 0.448. The summed E-state index contributed by atoms with van der Waals surface area (Å²) >= 11 is 0. The number of rotatable bonds is 8. The van der Waals surface area contributed by atoms with Gasteiger partial charge in [0.2, 0.25) is 0 Å². The average molecular weight is 423 g/mol. The topological polar surface area (TPSA) is 74.8 Å². The van der Waals surface area contributed by atoms with Gasteiger partial charge in [-0.3, -0.25) is 9.79 Å². The zero-order chi connectivity index (χ0) is 21.9. The summed E-state index contributed by atoms with van der Waals surface area (Å²) < 4.78 is 6.10. The Bertz CT molecular complexity index is 858. The first kappa shape index (κ1) is 22.7. The molecule has 1 fully saturated rings. The van der Waals surface area contributed by atoms with Crippen LogP contribution in [-0.2, 0) is 13.0 Å². The van der Waals surface area contributed by atoms with Crippen LogP contribution in [0.2, 0.25) is 0 Å². The van der Waals surface area contributed by atoms with Crippen LogP contribution in [0.15, 0.2) is 53.5 Å². The minimum atomic E-state index is -0.0672. The van der Waals surface area contributed by atoms with Crippen LogP contribution < -0.4 is 20.7 Å². The molecule has 0 aliphatic heterocycles. The van der Waals surface area contributed by atoms with Crippen LogP contribution in [0, 0.1) is 0 Å². The highest BCUT2D eigenvalue weighted by atomic mass is 16.5. The van der Waals surface area contributed by atoms with Crippen molar-refractivity contribution in [1.29, 1.82) is 0 Å². The molecule has 166 valence electrons. The van der Waals surface area contributed by atoms with Gasteiger partial charge in [0.15, 0.2) is 5.96 Å². The molecule has 1 aliphatic carbocycles. The predicted molar refractivity (Wildman–Crippen MR) is 126 cm³/mol. The molecule has 1 aliphatic rings. The third-order valence-corrected chi connectivity index (χ3v) is 5.58. The molecule has 31 heavy (non-hydrogen) atoms. The number of hydrogen-bond donors (Lipinski definition) is 3. The van der Waals surface area contributed by atoms with E-state index in [4.69, 9.17) is 4.74 Å². The van der Waals surface area contributed by atoms with Gasteiger partial charge < -0.3 is 20.7 Å². The van der Waals surface area contributed by atoms with E-state index in [1.54, 1.807) is 14.1 Å². The number of carbonyl (C=O) groups is 1. The van der Waals surface area contributed by atoms with E-state index in [-0.39, 0.29) is 5.91 Å². The molecule has 0 spiro atoms. The third kappa shape index (κ3) is 7.31. The van der Waals surface area contributed by atoms with Gasteiger partial charge in [-0.2, -0.15) is 0 Å². The molecule has 0 unspecified atom stereocenters. The number of carbonyl (C=O) groups excluding carboxylic acids is 1. The van der Waals surface area contributed by atoms with E-state index in [2.05, 4.69) is 45.2 Å². The third-order valence-electron chi connectivity index (χ3n) is 5.58. The zero-order valence-electron chi connectivity index (χ0n) is 18.6. The number of aliphatic imine (C=N–C) groups is 1. The highest BCUT2D eigenvalue weighted by Crippen LogP contribution is 2.23. The summed E-state index contributed by atoms with van der Waals surface area (Å²) in [6.07, 6.45) is 7.40. The van der Waals surface area contributed by atoms with Crippen molar-refractivity contribution in [2.75, 3.05) is 20.6 Å². The van der Waals surface area contributed by atoms with Gasteiger partial charge in [0.1, 0.15) is 5.75 Å². The van der Waals surface area contributed by atoms with E-state index < -0.39 is 0 Å². The van der Waals surface area contributed by atoms with Gasteiger partial charge in [-0.1, -0.05) is 30.7 Å². The summed E-state index contributed by atoms with van der Waals surface area (Å²) in [4.78, 5) is 16.1. The highest BCUT2D eigenvalue weighted by Gasteiger charge is 2.14. The second-order valence-corrected chi connectivity index (χ2v) is 7.90. The van der Waals surface area contributed by atoms with Crippen molar-refractivity contribution in [2.24, 2.45) is 4.99 Å². The van der Waals surface area contributed by atoms with E-state index in [1.807, 2.05) is 24.3 Å². The lowest BCUT2D eigenvalue weighted by Gasteiger charge is -2.23.